The molecule has 0 aromatic heterocycles. The molecule has 1 amide bonds. The molecule has 27 heavy (non-hydrogen) atoms. The minimum Gasteiger partial charge on any atom is -0.465 e. The molecule has 1 saturated heterocycles. The van der Waals surface area contributed by atoms with Crippen LogP contribution in [0.25, 0.3) is 0 Å². The van der Waals surface area contributed by atoms with Crippen LogP contribution in [0.2, 0.25) is 0 Å². The van der Waals surface area contributed by atoms with Gasteiger partial charge in [0.25, 0.3) is 0 Å². The lowest BCUT2D eigenvalue weighted by Crippen LogP contribution is -2.27. The predicted molar refractivity (Wildman–Crippen MR) is 99.8 cm³/mol. The number of methoxy groups -OCH3 is 1. The number of anilines is 1. The van der Waals surface area contributed by atoms with Gasteiger partial charge in [-0.05, 0) is 49.7 Å². The third-order valence-electron chi connectivity index (χ3n) is 4.60. The number of carbonyl (C=O) groups is 3. The Kier molecular flexibility index (Phi) is 5.26. The molecule has 6 nitrogen and oxygen atoms in total. The van der Waals surface area contributed by atoms with Crippen LogP contribution >= 0.6 is 0 Å². The lowest BCUT2D eigenvalue weighted by atomic mass is 10.1. The Morgan fingerprint density at radius 2 is 1.78 bits per heavy atom. The largest absolute Gasteiger partial charge is 0.465 e. The van der Waals surface area contributed by atoms with Gasteiger partial charge in [-0.2, -0.15) is 0 Å². The number of esters is 2. The SMILES string of the molecule is COC(=O)c1ccc(OC(=O)[C@@H]2CC(=O)N(c3ccc(C)cc3C)C2)cc1. The van der Waals surface area contributed by atoms with Crippen molar-refractivity contribution in [1.82, 2.24) is 0 Å². The third-order valence-corrected chi connectivity index (χ3v) is 4.60. The molecule has 1 aliphatic heterocycles. The van der Waals surface area contributed by atoms with E-state index in [0.29, 0.717) is 17.9 Å². The Morgan fingerprint density at radius 1 is 1.07 bits per heavy atom. The molecule has 140 valence electrons. The molecule has 2 aromatic carbocycles. The molecule has 1 aliphatic rings. The third kappa shape index (κ3) is 4.00. The van der Waals surface area contributed by atoms with Crippen molar-refractivity contribution in [3.05, 3.63) is 59.2 Å². The molecule has 0 spiro atoms. The van der Waals surface area contributed by atoms with E-state index in [-0.39, 0.29) is 12.3 Å². The van der Waals surface area contributed by atoms with E-state index in [9.17, 15) is 14.4 Å². The van der Waals surface area contributed by atoms with Gasteiger partial charge in [-0.15, -0.1) is 0 Å². The summed E-state index contributed by atoms with van der Waals surface area (Å²) in [5.41, 5.74) is 3.31. The van der Waals surface area contributed by atoms with Crippen molar-refractivity contribution in [1.29, 1.82) is 0 Å². The smallest absolute Gasteiger partial charge is 0.337 e. The fourth-order valence-corrected chi connectivity index (χ4v) is 3.18. The van der Waals surface area contributed by atoms with Crippen molar-refractivity contribution in [3.8, 4) is 5.75 Å². The standard InChI is InChI=1S/C21H21NO5/c1-13-4-9-18(14(2)10-13)22-12-16(11-19(22)23)21(25)27-17-7-5-15(6-8-17)20(24)26-3/h4-10,16H,11-12H2,1-3H3/t16-/m1/s1. The Morgan fingerprint density at radius 3 is 2.41 bits per heavy atom. The first-order chi connectivity index (χ1) is 12.9. The molecular weight excluding hydrogens is 346 g/mol. The van der Waals surface area contributed by atoms with Crippen molar-refractivity contribution >= 4 is 23.5 Å². The van der Waals surface area contributed by atoms with Crippen LogP contribution in [0.4, 0.5) is 5.69 Å². The topological polar surface area (TPSA) is 72.9 Å². The number of hydrogen-bond donors (Lipinski definition) is 0. The van der Waals surface area contributed by atoms with Crippen molar-refractivity contribution < 1.29 is 23.9 Å². The maximum atomic E-state index is 12.5. The van der Waals surface area contributed by atoms with E-state index in [4.69, 9.17) is 4.74 Å². The van der Waals surface area contributed by atoms with Gasteiger partial charge >= 0.3 is 11.9 Å². The fraction of sp³-hybridized carbons (Fsp3) is 0.286. The van der Waals surface area contributed by atoms with Crippen LogP contribution in [0.3, 0.4) is 0 Å². The van der Waals surface area contributed by atoms with Crippen LogP contribution in [0.1, 0.15) is 27.9 Å². The van der Waals surface area contributed by atoms with Crippen LogP contribution in [-0.4, -0.2) is 31.5 Å². The number of amides is 1. The summed E-state index contributed by atoms with van der Waals surface area (Å²) in [7, 11) is 1.30. The number of hydrogen-bond acceptors (Lipinski definition) is 5. The van der Waals surface area contributed by atoms with Crippen molar-refractivity contribution in [2.24, 2.45) is 5.92 Å². The molecular formula is C21H21NO5. The van der Waals surface area contributed by atoms with E-state index in [1.54, 1.807) is 4.90 Å². The molecule has 3 rings (SSSR count). The molecule has 0 aliphatic carbocycles. The highest BCUT2D eigenvalue weighted by molar-refractivity contribution is 6.00. The first kappa shape index (κ1) is 18.6. The van der Waals surface area contributed by atoms with Gasteiger partial charge in [0.2, 0.25) is 5.91 Å². The van der Waals surface area contributed by atoms with Gasteiger partial charge in [0.1, 0.15) is 5.75 Å². The van der Waals surface area contributed by atoms with Crippen molar-refractivity contribution in [2.75, 3.05) is 18.6 Å². The number of nitrogens with zero attached hydrogens (tertiary/aromatic N) is 1. The van der Waals surface area contributed by atoms with Crippen LogP contribution in [-0.2, 0) is 14.3 Å². The first-order valence-electron chi connectivity index (χ1n) is 8.66. The average Bonchev–Trinajstić information content (AvgIpc) is 3.03. The quantitative estimate of drug-likeness (QED) is 0.613. The second-order valence-corrected chi connectivity index (χ2v) is 6.63. The molecule has 0 N–H and O–H groups in total. The first-order valence-corrected chi connectivity index (χ1v) is 8.66. The Hall–Kier alpha value is -3.15. The highest BCUT2D eigenvalue weighted by Crippen LogP contribution is 2.29. The lowest BCUT2D eigenvalue weighted by molar-refractivity contribution is -0.139. The summed E-state index contributed by atoms with van der Waals surface area (Å²) < 4.78 is 10.0. The molecule has 0 unspecified atom stereocenters. The van der Waals surface area contributed by atoms with Gasteiger partial charge in [0.05, 0.1) is 18.6 Å². The zero-order valence-corrected chi connectivity index (χ0v) is 15.5. The molecule has 1 atom stereocenters. The normalized spacial score (nSPS) is 16.3. The maximum absolute atomic E-state index is 12.5. The van der Waals surface area contributed by atoms with Gasteiger partial charge in [0.15, 0.2) is 0 Å². The van der Waals surface area contributed by atoms with Crippen LogP contribution in [0.15, 0.2) is 42.5 Å². The summed E-state index contributed by atoms with van der Waals surface area (Å²) in [6.45, 7) is 4.24. The Balaban J connectivity index is 1.68. The highest BCUT2D eigenvalue weighted by atomic mass is 16.5. The molecule has 1 fully saturated rings. The van der Waals surface area contributed by atoms with Gasteiger partial charge < -0.3 is 14.4 Å². The minimum atomic E-state index is -0.529. The lowest BCUT2D eigenvalue weighted by Gasteiger charge is -2.19. The van der Waals surface area contributed by atoms with E-state index in [0.717, 1.165) is 16.8 Å². The summed E-state index contributed by atoms with van der Waals surface area (Å²) in [5.74, 6) is -1.21. The van der Waals surface area contributed by atoms with E-state index >= 15 is 0 Å². The van der Waals surface area contributed by atoms with E-state index in [1.165, 1.54) is 31.4 Å². The number of benzene rings is 2. The second-order valence-electron chi connectivity index (χ2n) is 6.63. The summed E-state index contributed by atoms with van der Waals surface area (Å²) >= 11 is 0. The zero-order valence-electron chi connectivity index (χ0n) is 15.5. The van der Waals surface area contributed by atoms with E-state index in [1.807, 2.05) is 32.0 Å². The van der Waals surface area contributed by atoms with Gasteiger partial charge in [-0.1, -0.05) is 17.7 Å². The number of carbonyl (C=O) groups excluding carboxylic acids is 3. The Labute approximate surface area is 157 Å². The van der Waals surface area contributed by atoms with Crippen LogP contribution in [0, 0.1) is 19.8 Å². The second kappa shape index (κ2) is 7.61. The Bertz CT molecular complexity index is 888. The fourth-order valence-electron chi connectivity index (χ4n) is 3.18. The predicted octanol–water partition coefficient (Wildman–Crippen LogP) is 3.05. The zero-order chi connectivity index (χ0) is 19.6. The van der Waals surface area contributed by atoms with Crippen LogP contribution in [0.5, 0.6) is 5.75 Å². The van der Waals surface area contributed by atoms with Gasteiger partial charge in [0, 0.05) is 18.7 Å². The maximum Gasteiger partial charge on any atom is 0.337 e. The summed E-state index contributed by atoms with van der Waals surface area (Å²) in [6.07, 6.45) is 0.117. The monoisotopic (exact) mass is 367 g/mol. The molecule has 2 aromatic rings. The molecule has 0 radical (unpaired) electrons. The summed E-state index contributed by atoms with van der Waals surface area (Å²) in [6, 6.07) is 12.0. The van der Waals surface area contributed by atoms with E-state index in [2.05, 4.69) is 4.74 Å². The van der Waals surface area contributed by atoms with Crippen molar-refractivity contribution in [3.63, 3.8) is 0 Å². The number of rotatable bonds is 4. The number of aryl methyl sites for hydroxylation is 2. The molecule has 0 bridgehead atoms. The van der Waals surface area contributed by atoms with E-state index < -0.39 is 17.9 Å². The minimum absolute atomic E-state index is 0.0926. The van der Waals surface area contributed by atoms with Gasteiger partial charge in [-0.25, -0.2) is 4.79 Å². The molecule has 0 saturated carbocycles. The number of ether oxygens (including phenoxy) is 2. The summed E-state index contributed by atoms with van der Waals surface area (Å²) in [4.78, 5) is 37.9. The average molecular weight is 367 g/mol. The van der Waals surface area contributed by atoms with Gasteiger partial charge in [-0.3, -0.25) is 9.59 Å². The molecule has 1 heterocycles. The van der Waals surface area contributed by atoms with Crippen LogP contribution < -0.4 is 9.64 Å². The molecule has 6 heteroatoms. The van der Waals surface area contributed by atoms with Crippen molar-refractivity contribution in [2.45, 2.75) is 20.3 Å². The summed E-state index contributed by atoms with van der Waals surface area (Å²) in [5, 5.41) is 0. The highest BCUT2D eigenvalue weighted by Gasteiger charge is 2.36.